The summed E-state index contributed by atoms with van der Waals surface area (Å²) in [6.07, 6.45) is 0.371. The molecule has 2 aromatic carbocycles. The summed E-state index contributed by atoms with van der Waals surface area (Å²) >= 11 is 0. The summed E-state index contributed by atoms with van der Waals surface area (Å²) in [5, 5.41) is 2.80. The van der Waals surface area contributed by atoms with E-state index in [9.17, 15) is 9.59 Å². The van der Waals surface area contributed by atoms with Gasteiger partial charge in [0.05, 0.1) is 13.0 Å². The minimum Gasteiger partial charge on any atom is -0.494 e. The summed E-state index contributed by atoms with van der Waals surface area (Å²) in [7, 11) is 0. The van der Waals surface area contributed by atoms with Gasteiger partial charge in [-0.3, -0.25) is 9.59 Å². The fraction of sp³-hybridized carbons (Fsp3) is 0.300. The Morgan fingerprint density at radius 1 is 1.08 bits per heavy atom. The zero-order chi connectivity index (χ0) is 18.5. The minimum atomic E-state index is -0.254. The molecule has 1 N–H and O–H groups in total. The molecule has 6 nitrogen and oxygen atoms in total. The molecular weight excluding hydrogens is 332 g/mol. The van der Waals surface area contributed by atoms with Crippen molar-refractivity contribution in [3.05, 3.63) is 48.0 Å². The number of anilines is 2. The van der Waals surface area contributed by atoms with Crippen LogP contribution in [0.25, 0.3) is 0 Å². The Kier molecular flexibility index (Phi) is 5.41. The van der Waals surface area contributed by atoms with E-state index in [1.54, 1.807) is 35.2 Å². The van der Waals surface area contributed by atoms with Crippen molar-refractivity contribution in [2.45, 2.75) is 20.3 Å². The van der Waals surface area contributed by atoms with E-state index in [0.29, 0.717) is 31.0 Å². The second-order valence-electron chi connectivity index (χ2n) is 5.90. The molecule has 0 bridgehead atoms. The molecule has 2 aromatic rings. The van der Waals surface area contributed by atoms with Gasteiger partial charge in [-0.1, -0.05) is 0 Å². The fourth-order valence-corrected chi connectivity index (χ4v) is 2.95. The van der Waals surface area contributed by atoms with Crippen LogP contribution >= 0.6 is 0 Å². The van der Waals surface area contributed by atoms with Crippen molar-refractivity contribution >= 4 is 23.2 Å². The van der Waals surface area contributed by atoms with Gasteiger partial charge in [0, 0.05) is 17.9 Å². The first-order valence-corrected chi connectivity index (χ1v) is 8.69. The quantitative estimate of drug-likeness (QED) is 0.830. The lowest BCUT2D eigenvalue weighted by molar-refractivity contribution is -0.118. The van der Waals surface area contributed by atoms with Gasteiger partial charge in [0.2, 0.25) is 5.91 Å². The molecule has 0 aromatic heterocycles. The number of likely N-dealkylation sites (N-methyl/N-ethyl adjacent to an activating group) is 1. The van der Waals surface area contributed by atoms with Gasteiger partial charge in [-0.25, -0.2) is 0 Å². The van der Waals surface area contributed by atoms with Crippen LogP contribution in [0.4, 0.5) is 11.4 Å². The van der Waals surface area contributed by atoms with Crippen LogP contribution in [-0.4, -0.2) is 31.6 Å². The third-order valence-electron chi connectivity index (χ3n) is 4.12. The van der Waals surface area contributed by atoms with Crippen LogP contribution in [0, 0.1) is 0 Å². The summed E-state index contributed by atoms with van der Waals surface area (Å²) in [6, 6.07) is 12.6. The number of hydrogen-bond donors (Lipinski definition) is 1. The monoisotopic (exact) mass is 354 g/mol. The van der Waals surface area contributed by atoms with E-state index in [4.69, 9.17) is 9.47 Å². The molecule has 1 aliphatic heterocycles. The number of nitrogens with zero attached hydrogens (tertiary/aromatic N) is 1. The Hall–Kier alpha value is -3.02. The molecule has 0 atom stereocenters. The molecule has 3 rings (SSSR count). The minimum absolute atomic E-state index is 0.0878. The maximum atomic E-state index is 12.1. The molecular formula is C20H22N2O4. The first-order valence-electron chi connectivity index (χ1n) is 8.69. The Morgan fingerprint density at radius 2 is 1.77 bits per heavy atom. The third kappa shape index (κ3) is 3.96. The van der Waals surface area contributed by atoms with Gasteiger partial charge >= 0.3 is 0 Å². The lowest BCUT2D eigenvalue weighted by Crippen LogP contribution is -2.25. The summed E-state index contributed by atoms with van der Waals surface area (Å²) < 4.78 is 10.9. The van der Waals surface area contributed by atoms with E-state index in [2.05, 4.69) is 5.32 Å². The van der Waals surface area contributed by atoms with Crippen molar-refractivity contribution in [1.82, 2.24) is 0 Å². The van der Waals surface area contributed by atoms with Crippen molar-refractivity contribution in [3.63, 3.8) is 0 Å². The molecule has 26 heavy (non-hydrogen) atoms. The van der Waals surface area contributed by atoms with Crippen LogP contribution < -0.4 is 19.7 Å². The van der Waals surface area contributed by atoms with Gasteiger partial charge in [-0.2, -0.15) is 0 Å². The molecule has 136 valence electrons. The van der Waals surface area contributed by atoms with E-state index in [1.807, 2.05) is 26.0 Å². The second-order valence-corrected chi connectivity index (χ2v) is 5.90. The summed E-state index contributed by atoms with van der Waals surface area (Å²) in [5.74, 6) is 1.19. The van der Waals surface area contributed by atoms with Gasteiger partial charge in [0.15, 0.2) is 6.61 Å². The molecule has 0 aliphatic carbocycles. The molecule has 0 unspecified atom stereocenters. The number of ether oxygens (including phenoxy) is 2. The normalized spacial score (nSPS) is 12.7. The van der Waals surface area contributed by atoms with Crippen LogP contribution in [0.2, 0.25) is 0 Å². The Balaban J connectivity index is 1.55. The average Bonchev–Trinajstić information content (AvgIpc) is 2.95. The second kappa shape index (κ2) is 7.91. The summed E-state index contributed by atoms with van der Waals surface area (Å²) in [4.78, 5) is 25.8. The lowest BCUT2D eigenvalue weighted by atomic mass is 10.1. The predicted molar refractivity (Wildman–Crippen MR) is 99.9 cm³/mol. The van der Waals surface area contributed by atoms with Gasteiger partial charge in [0.1, 0.15) is 11.5 Å². The average molecular weight is 354 g/mol. The van der Waals surface area contributed by atoms with Crippen molar-refractivity contribution in [3.8, 4) is 11.5 Å². The Bertz CT molecular complexity index is 802. The highest BCUT2D eigenvalue weighted by Gasteiger charge is 2.25. The maximum Gasteiger partial charge on any atom is 0.262 e. The number of carbonyl (C=O) groups is 2. The van der Waals surface area contributed by atoms with Crippen LogP contribution in [0.5, 0.6) is 11.5 Å². The molecule has 0 saturated carbocycles. The first-order chi connectivity index (χ1) is 12.6. The van der Waals surface area contributed by atoms with Gasteiger partial charge in [-0.05, 0) is 61.9 Å². The number of carbonyl (C=O) groups excluding carboxylic acids is 2. The van der Waals surface area contributed by atoms with E-state index in [1.165, 1.54) is 0 Å². The zero-order valence-corrected chi connectivity index (χ0v) is 15.0. The molecule has 1 heterocycles. The molecule has 0 saturated heterocycles. The van der Waals surface area contributed by atoms with Crippen molar-refractivity contribution in [2.24, 2.45) is 0 Å². The SMILES string of the molecule is CCOc1ccc(OCC(=O)Nc2ccc3c(c2)CC(=O)N3CC)cc1. The molecule has 1 aliphatic rings. The molecule has 0 fully saturated rings. The van der Waals surface area contributed by atoms with Crippen LogP contribution in [0.1, 0.15) is 19.4 Å². The summed E-state index contributed by atoms with van der Waals surface area (Å²) in [6.45, 7) is 5.02. The summed E-state index contributed by atoms with van der Waals surface area (Å²) in [5.41, 5.74) is 2.51. The highest BCUT2D eigenvalue weighted by Crippen LogP contribution is 2.31. The topological polar surface area (TPSA) is 67.9 Å². The standard InChI is InChI=1S/C20H22N2O4/c1-3-22-18-10-5-15(11-14(18)12-20(22)24)21-19(23)13-26-17-8-6-16(7-9-17)25-4-2/h5-11H,3-4,12-13H2,1-2H3,(H,21,23). The van der Waals surface area contributed by atoms with Crippen LogP contribution in [0.3, 0.4) is 0 Å². The van der Waals surface area contributed by atoms with E-state index in [0.717, 1.165) is 17.0 Å². The van der Waals surface area contributed by atoms with E-state index in [-0.39, 0.29) is 18.4 Å². The van der Waals surface area contributed by atoms with E-state index < -0.39 is 0 Å². The van der Waals surface area contributed by atoms with Crippen molar-refractivity contribution < 1.29 is 19.1 Å². The lowest BCUT2D eigenvalue weighted by Gasteiger charge is -2.15. The number of rotatable bonds is 7. The first kappa shape index (κ1) is 17.8. The third-order valence-corrected chi connectivity index (χ3v) is 4.12. The highest BCUT2D eigenvalue weighted by atomic mass is 16.5. The van der Waals surface area contributed by atoms with Crippen molar-refractivity contribution in [1.29, 1.82) is 0 Å². The smallest absolute Gasteiger partial charge is 0.262 e. The highest BCUT2D eigenvalue weighted by molar-refractivity contribution is 6.02. The van der Waals surface area contributed by atoms with Crippen LogP contribution in [-0.2, 0) is 16.0 Å². The number of amides is 2. The molecule has 2 amide bonds. The Labute approximate surface area is 152 Å². The molecule has 0 radical (unpaired) electrons. The zero-order valence-electron chi connectivity index (χ0n) is 15.0. The number of nitrogens with one attached hydrogen (secondary N) is 1. The number of hydrogen-bond acceptors (Lipinski definition) is 4. The van der Waals surface area contributed by atoms with E-state index >= 15 is 0 Å². The Morgan fingerprint density at radius 3 is 2.42 bits per heavy atom. The number of benzene rings is 2. The van der Waals surface area contributed by atoms with Gasteiger partial charge in [0.25, 0.3) is 5.91 Å². The van der Waals surface area contributed by atoms with Gasteiger partial charge in [-0.15, -0.1) is 0 Å². The fourth-order valence-electron chi connectivity index (χ4n) is 2.95. The largest absolute Gasteiger partial charge is 0.494 e. The van der Waals surface area contributed by atoms with Crippen LogP contribution in [0.15, 0.2) is 42.5 Å². The van der Waals surface area contributed by atoms with Gasteiger partial charge < -0.3 is 19.7 Å². The van der Waals surface area contributed by atoms with Crippen molar-refractivity contribution in [2.75, 3.05) is 30.0 Å². The molecule has 6 heteroatoms. The number of fused-ring (bicyclic) bond motifs is 1. The maximum absolute atomic E-state index is 12.1. The molecule has 0 spiro atoms. The predicted octanol–water partition coefficient (Wildman–Crippen LogP) is 3.01.